The van der Waals surface area contributed by atoms with Gasteiger partial charge in [0.05, 0.1) is 0 Å². The number of benzene rings is 3. The molecule has 6 nitrogen and oxygen atoms in total. The molecule has 2 unspecified atom stereocenters. The Morgan fingerprint density at radius 1 is 0.881 bits per heavy atom. The van der Waals surface area contributed by atoms with Gasteiger partial charge in [-0.15, -0.1) is 0 Å². The van der Waals surface area contributed by atoms with Crippen molar-refractivity contribution in [2.75, 3.05) is 6.61 Å². The average Bonchev–Trinajstić information content (AvgIpc) is 3.29. The predicted molar refractivity (Wildman–Crippen MR) is 167 cm³/mol. The molecule has 2 heterocycles. The van der Waals surface area contributed by atoms with Gasteiger partial charge in [0.15, 0.2) is 0 Å². The molecule has 3 aliphatic rings. The van der Waals surface area contributed by atoms with E-state index in [0.29, 0.717) is 31.1 Å². The van der Waals surface area contributed by atoms with E-state index in [1.165, 1.54) is 15.9 Å². The Kier molecular flexibility index (Phi) is 7.49. The number of imide groups is 1. The topological polar surface area (TPSA) is 75.7 Å². The van der Waals surface area contributed by atoms with Crippen LogP contribution in [0.2, 0.25) is 5.04 Å². The van der Waals surface area contributed by atoms with E-state index in [2.05, 4.69) is 98.9 Å². The Hall–Kier alpha value is -3.81. The van der Waals surface area contributed by atoms with Gasteiger partial charge in [0.2, 0.25) is 11.8 Å². The highest BCUT2D eigenvalue weighted by Crippen LogP contribution is 2.42. The second-order valence-corrected chi connectivity index (χ2v) is 17.0. The van der Waals surface area contributed by atoms with Gasteiger partial charge < -0.3 is 9.33 Å². The highest BCUT2D eigenvalue weighted by Gasteiger charge is 2.50. The number of amides is 3. The molecular weight excluding hydrogens is 540 g/mol. The summed E-state index contributed by atoms with van der Waals surface area (Å²) in [5, 5.41) is 4.91. The molecule has 0 radical (unpaired) electrons. The first-order valence-electron chi connectivity index (χ1n) is 14.9. The minimum atomic E-state index is -2.56. The molecule has 1 saturated heterocycles. The van der Waals surface area contributed by atoms with Gasteiger partial charge >= 0.3 is 0 Å². The lowest BCUT2D eigenvalue weighted by Crippen LogP contribution is -2.66. The lowest BCUT2D eigenvalue weighted by atomic mass is 9.79. The van der Waals surface area contributed by atoms with Crippen molar-refractivity contribution in [1.29, 1.82) is 0 Å². The van der Waals surface area contributed by atoms with E-state index in [4.69, 9.17) is 4.43 Å². The van der Waals surface area contributed by atoms with Gasteiger partial charge in [-0.25, -0.2) is 0 Å². The van der Waals surface area contributed by atoms with Crippen molar-refractivity contribution in [2.24, 2.45) is 5.92 Å². The smallest absolute Gasteiger partial charge is 0.261 e. The molecule has 2 atom stereocenters. The standard InChI is InChI=1S/C35H38N2O4Si/c1-35(2,3)42(26-11-6-4-7-12-26,27-13-8-5-9-14-27)41-20-19-24-21-25(22-24)28-15-10-16-29-30(28)23-37(34(29)40)31-17-18-32(38)36-33(31)39/h4-16,21,24,31H,17-20,22-23H2,1-3H3,(H,36,38,39). The fraction of sp³-hybridized carbons (Fsp3) is 0.343. The Labute approximate surface area is 248 Å². The van der Waals surface area contributed by atoms with Crippen molar-refractivity contribution in [3.8, 4) is 0 Å². The van der Waals surface area contributed by atoms with Gasteiger partial charge in [0.25, 0.3) is 14.2 Å². The van der Waals surface area contributed by atoms with Crippen LogP contribution in [-0.4, -0.2) is 43.6 Å². The number of carbonyl (C=O) groups is 3. The van der Waals surface area contributed by atoms with E-state index in [1.807, 2.05) is 12.1 Å². The number of nitrogens with zero attached hydrogens (tertiary/aromatic N) is 1. The highest BCUT2D eigenvalue weighted by molar-refractivity contribution is 6.99. The van der Waals surface area contributed by atoms with Gasteiger partial charge in [0, 0.05) is 25.1 Å². The fourth-order valence-electron chi connectivity index (χ4n) is 6.93. The number of nitrogens with one attached hydrogen (secondary N) is 1. The maximum atomic E-state index is 13.2. The van der Waals surface area contributed by atoms with Gasteiger partial charge in [-0.3, -0.25) is 19.7 Å². The summed E-state index contributed by atoms with van der Waals surface area (Å²) in [5.41, 5.74) is 4.00. The summed E-state index contributed by atoms with van der Waals surface area (Å²) in [6.07, 6.45) is 4.82. The molecule has 1 aliphatic carbocycles. The van der Waals surface area contributed by atoms with E-state index in [1.54, 1.807) is 4.90 Å². The molecular formula is C35H38N2O4Si. The summed E-state index contributed by atoms with van der Waals surface area (Å²) in [7, 11) is -2.56. The van der Waals surface area contributed by atoms with E-state index >= 15 is 0 Å². The summed E-state index contributed by atoms with van der Waals surface area (Å²) >= 11 is 0. The minimum absolute atomic E-state index is 0.0537. The zero-order valence-corrected chi connectivity index (χ0v) is 25.6. The Balaban J connectivity index is 1.18. The molecule has 1 N–H and O–H groups in total. The van der Waals surface area contributed by atoms with Gasteiger partial charge in [0.1, 0.15) is 6.04 Å². The normalized spacial score (nSPS) is 20.6. The third-order valence-corrected chi connectivity index (χ3v) is 14.1. The van der Waals surface area contributed by atoms with E-state index < -0.39 is 14.4 Å². The van der Waals surface area contributed by atoms with Crippen LogP contribution in [0, 0.1) is 5.92 Å². The zero-order chi connectivity index (χ0) is 29.5. The first kappa shape index (κ1) is 28.3. The monoisotopic (exact) mass is 578 g/mol. The summed E-state index contributed by atoms with van der Waals surface area (Å²) < 4.78 is 7.10. The molecule has 3 aromatic carbocycles. The zero-order valence-electron chi connectivity index (χ0n) is 24.6. The number of fused-ring (bicyclic) bond motifs is 1. The van der Waals surface area contributed by atoms with Crippen molar-refractivity contribution < 1.29 is 18.8 Å². The molecule has 0 saturated carbocycles. The summed E-state index contributed by atoms with van der Waals surface area (Å²) in [5.74, 6) is -0.364. The van der Waals surface area contributed by atoms with Crippen LogP contribution >= 0.6 is 0 Å². The molecule has 3 aromatic rings. The maximum absolute atomic E-state index is 13.2. The molecule has 0 bridgehead atoms. The Bertz CT molecular complexity index is 1500. The van der Waals surface area contributed by atoms with Crippen molar-refractivity contribution in [2.45, 2.75) is 64.1 Å². The van der Waals surface area contributed by atoms with E-state index in [-0.39, 0.29) is 29.2 Å². The number of allylic oxidation sites excluding steroid dienone is 2. The lowest BCUT2D eigenvalue weighted by molar-refractivity contribution is -0.136. The molecule has 6 rings (SSSR count). The third-order valence-electron chi connectivity index (χ3n) is 9.07. The van der Waals surface area contributed by atoms with Crippen molar-refractivity contribution in [3.05, 3.63) is 102 Å². The molecule has 0 aromatic heterocycles. The number of rotatable bonds is 8. The minimum Gasteiger partial charge on any atom is -0.407 e. The molecule has 42 heavy (non-hydrogen) atoms. The van der Waals surface area contributed by atoms with Gasteiger partial charge in [-0.2, -0.15) is 0 Å². The number of hydrogen-bond acceptors (Lipinski definition) is 4. The van der Waals surface area contributed by atoms with Crippen LogP contribution in [0.1, 0.15) is 67.9 Å². The lowest BCUT2D eigenvalue weighted by Gasteiger charge is -2.43. The summed E-state index contributed by atoms with van der Waals surface area (Å²) in [6, 6.07) is 26.7. The van der Waals surface area contributed by atoms with Crippen molar-refractivity contribution in [1.82, 2.24) is 10.2 Å². The molecule has 1 fully saturated rings. The number of hydrogen-bond donors (Lipinski definition) is 1. The second-order valence-electron chi connectivity index (χ2n) is 12.7. The first-order chi connectivity index (χ1) is 20.2. The summed E-state index contributed by atoms with van der Waals surface area (Å²) in [6.45, 7) is 7.98. The van der Waals surface area contributed by atoms with Gasteiger partial charge in [-0.05, 0) is 63.4 Å². The third kappa shape index (κ3) is 4.94. The molecule has 2 aliphatic heterocycles. The SMILES string of the molecule is CC(C)(C)[Si](OCCC1C=C(c2cccc3c2CN(C2CCC(=O)NC2=O)C3=O)C1)(c1ccccc1)c1ccccc1. The van der Waals surface area contributed by atoms with Crippen LogP contribution < -0.4 is 15.7 Å². The van der Waals surface area contributed by atoms with Gasteiger partial charge in [-0.1, -0.05) is 99.6 Å². The largest absolute Gasteiger partial charge is 0.407 e. The number of piperidine rings is 1. The van der Waals surface area contributed by atoms with Crippen LogP contribution in [0.5, 0.6) is 0 Å². The molecule has 3 amide bonds. The van der Waals surface area contributed by atoms with Crippen LogP contribution in [0.25, 0.3) is 5.57 Å². The Morgan fingerprint density at radius 2 is 1.50 bits per heavy atom. The quantitative estimate of drug-likeness (QED) is 0.307. The van der Waals surface area contributed by atoms with Crippen LogP contribution in [0.15, 0.2) is 84.9 Å². The first-order valence-corrected chi connectivity index (χ1v) is 16.8. The average molecular weight is 579 g/mol. The van der Waals surface area contributed by atoms with Crippen molar-refractivity contribution in [3.63, 3.8) is 0 Å². The van der Waals surface area contributed by atoms with Crippen LogP contribution in [-0.2, 0) is 20.6 Å². The molecule has 0 spiro atoms. The summed E-state index contributed by atoms with van der Waals surface area (Å²) in [4.78, 5) is 39.0. The van der Waals surface area contributed by atoms with Crippen LogP contribution in [0.3, 0.4) is 0 Å². The predicted octanol–water partition coefficient (Wildman–Crippen LogP) is 4.82. The van der Waals surface area contributed by atoms with Crippen LogP contribution in [0.4, 0.5) is 0 Å². The number of carbonyl (C=O) groups excluding carboxylic acids is 3. The van der Waals surface area contributed by atoms with E-state index in [9.17, 15) is 14.4 Å². The fourth-order valence-corrected chi connectivity index (χ4v) is 11.5. The Morgan fingerprint density at radius 3 is 2.10 bits per heavy atom. The highest BCUT2D eigenvalue weighted by atomic mass is 28.4. The van der Waals surface area contributed by atoms with E-state index in [0.717, 1.165) is 24.0 Å². The van der Waals surface area contributed by atoms with Crippen molar-refractivity contribution >= 4 is 42.0 Å². The second kappa shape index (κ2) is 11.1. The maximum Gasteiger partial charge on any atom is 0.261 e. The molecule has 7 heteroatoms. The molecule has 216 valence electrons.